The average Bonchev–Trinajstić information content (AvgIpc) is 2.95. The summed E-state index contributed by atoms with van der Waals surface area (Å²) in [5.74, 6) is 1.93. The molecular formula is C22H31F2NO3S. The van der Waals surface area contributed by atoms with Crippen molar-refractivity contribution >= 4 is 10.3 Å². The highest BCUT2D eigenvalue weighted by Gasteiger charge is 2.54. The Hall–Kier alpha value is -1.21. The van der Waals surface area contributed by atoms with Gasteiger partial charge in [-0.25, -0.2) is 8.78 Å². The second-order valence-electron chi connectivity index (χ2n) is 9.45. The van der Waals surface area contributed by atoms with Crippen LogP contribution in [0.5, 0.6) is 5.75 Å². The number of nitrogens with two attached hydrogens (primary N) is 1. The molecule has 2 fully saturated rings. The number of hydrogen-bond donors (Lipinski definition) is 1. The number of alkyl halides is 2. The molecule has 1 aromatic carbocycles. The summed E-state index contributed by atoms with van der Waals surface area (Å²) < 4.78 is 54.2. The van der Waals surface area contributed by atoms with Crippen molar-refractivity contribution in [1.29, 1.82) is 0 Å². The first-order chi connectivity index (χ1) is 13.6. The summed E-state index contributed by atoms with van der Waals surface area (Å²) in [6, 6.07) is 3.97. The van der Waals surface area contributed by atoms with Gasteiger partial charge in [-0.3, -0.25) is 0 Å². The lowest BCUT2D eigenvalue weighted by molar-refractivity contribution is 0.00355. The monoisotopic (exact) mass is 427 g/mol. The number of benzene rings is 1. The summed E-state index contributed by atoms with van der Waals surface area (Å²) in [4.78, 5) is 0. The first kappa shape index (κ1) is 21.0. The van der Waals surface area contributed by atoms with E-state index in [0.29, 0.717) is 29.9 Å². The minimum atomic E-state index is -4.06. The third kappa shape index (κ3) is 3.80. The summed E-state index contributed by atoms with van der Waals surface area (Å²) in [7, 11) is -4.06. The molecule has 162 valence electrons. The van der Waals surface area contributed by atoms with Crippen molar-refractivity contribution in [3.63, 3.8) is 0 Å². The molecule has 5 atom stereocenters. The lowest BCUT2D eigenvalue weighted by Gasteiger charge is -2.51. The summed E-state index contributed by atoms with van der Waals surface area (Å²) in [6.45, 7) is 4.23. The van der Waals surface area contributed by atoms with Gasteiger partial charge in [0, 0.05) is 6.42 Å². The zero-order chi connectivity index (χ0) is 21.0. The minimum absolute atomic E-state index is 0.0271. The van der Waals surface area contributed by atoms with Crippen LogP contribution in [-0.2, 0) is 23.1 Å². The Labute approximate surface area is 172 Å². The Balaban J connectivity index is 1.64. The molecule has 2 N–H and O–H groups in total. The summed E-state index contributed by atoms with van der Waals surface area (Å²) in [6.07, 6.45) is 4.36. The molecule has 0 amide bonds. The van der Waals surface area contributed by atoms with E-state index in [1.165, 1.54) is 5.56 Å². The van der Waals surface area contributed by atoms with Gasteiger partial charge in [-0.05, 0) is 96.8 Å². The van der Waals surface area contributed by atoms with Gasteiger partial charge in [-0.2, -0.15) is 13.6 Å². The van der Waals surface area contributed by atoms with Crippen LogP contribution in [0.25, 0.3) is 0 Å². The van der Waals surface area contributed by atoms with E-state index in [1.807, 2.05) is 13.0 Å². The molecule has 3 aliphatic rings. The molecule has 1 aromatic rings. The minimum Gasteiger partial charge on any atom is -0.371 e. The fourth-order valence-corrected chi connectivity index (χ4v) is 7.24. The highest BCUT2D eigenvalue weighted by atomic mass is 32.2. The van der Waals surface area contributed by atoms with Crippen LogP contribution in [0.15, 0.2) is 12.1 Å². The fourth-order valence-electron chi connectivity index (χ4n) is 6.84. The Kier molecular flexibility index (Phi) is 5.43. The summed E-state index contributed by atoms with van der Waals surface area (Å²) >= 11 is 0. The maximum atomic E-state index is 13.1. The van der Waals surface area contributed by atoms with Gasteiger partial charge in [-0.1, -0.05) is 19.9 Å². The number of aryl methyl sites for hydroxylation is 2. The van der Waals surface area contributed by atoms with E-state index >= 15 is 0 Å². The summed E-state index contributed by atoms with van der Waals surface area (Å²) in [5, 5.41) is 5.09. The normalized spacial score (nSPS) is 33.9. The smallest absolute Gasteiger partial charge is 0.371 e. The fraction of sp³-hybridized carbons (Fsp3) is 0.727. The molecule has 0 saturated heterocycles. The molecule has 0 aromatic heterocycles. The molecule has 0 heterocycles. The molecule has 4 nitrogen and oxygen atoms in total. The van der Waals surface area contributed by atoms with Gasteiger partial charge in [0.1, 0.15) is 5.75 Å². The van der Waals surface area contributed by atoms with Crippen molar-refractivity contribution in [1.82, 2.24) is 0 Å². The lowest BCUT2D eigenvalue weighted by Crippen LogP contribution is -2.42. The second kappa shape index (κ2) is 7.49. The standard InChI is InChI=1S/C22H31F2NO3S/c1-3-13-10-18-14(11-20(13)28-29(25,26)27)4-6-17-16(18)8-9-22(2)15(12-21(23)24)5-7-19(17)22/h10-11,15-17,19,21H,3-9,12H2,1-2H3,(H2,25,26,27)/t15-,16?,17?,19?,22-/m1/s1. The number of fused-ring (bicyclic) bond motifs is 5. The van der Waals surface area contributed by atoms with Crippen molar-refractivity contribution in [2.45, 2.75) is 77.6 Å². The Morgan fingerprint density at radius 2 is 2.00 bits per heavy atom. The molecule has 2 saturated carbocycles. The molecule has 3 aliphatic carbocycles. The molecule has 4 rings (SSSR count). The first-order valence-electron chi connectivity index (χ1n) is 10.8. The van der Waals surface area contributed by atoms with E-state index in [2.05, 4.69) is 13.0 Å². The van der Waals surface area contributed by atoms with Crippen molar-refractivity contribution in [3.05, 3.63) is 28.8 Å². The number of halogens is 2. The third-order valence-electron chi connectivity index (χ3n) is 8.15. The van der Waals surface area contributed by atoms with E-state index < -0.39 is 16.7 Å². The molecule has 0 bridgehead atoms. The highest BCUT2D eigenvalue weighted by Crippen LogP contribution is 2.64. The van der Waals surface area contributed by atoms with Gasteiger partial charge in [-0.15, -0.1) is 0 Å². The van der Waals surface area contributed by atoms with Gasteiger partial charge < -0.3 is 4.18 Å². The van der Waals surface area contributed by atoms with Crippen LogP contribution in [0.2, 0.25) is 0 Å². The van der Waals surface area contributed by atoms with Crippen LogP contribution in [-0.4, -0.2) is 14.8 Å². The average molecular weight is 428 g/mol. The van der Waals surface area contributed by atoms with Gasteiger partial charge >= 0.3 is 10.3 Å². The van der Waals surface area contributed by atoms with Gasteiger partial charge in [0.25, 0.3) is 0 Å². The molecule has 3 unspecified atom stereocenters. The van der Waals surface area contributed by atoms with Crippen LogP contribution in [0, 0.1) is 23.2 Å². The zero-order valence-corrected chi connectivity index (χ0v) is 18.0. The van der Waals surface area contributed by atoms with E-state index in [0.717, 1.165) is 49.7 Å². The second-order valence-corrected chi connectivity index (χ2v) is 10.6. The van der Waals surface area contributed by atoms with E-state index in [-0.39, 0.29) is 17.8 Å². The molecule has 29 heavy (non-hydrogen) atoms. The van der Waals surface area contributed by atoms with Crippen LogP contribution in [0.1, 0.15) is 75.0 Å². The van der Waals surface area contributed by atoms with Gasteiger partial charge in [0.15, 0.2) is 0 Å². The van der Waals surface area contributed by atoms with Gasteiger partial charge in [0.05, 0.1) is 0 Å². The highest BCUT2D eigenvalue weighted by molar-refractivity contribution is 7.84. The van der Waals surface area contributed by atoms with Crippen molar-refractivity contribution in [3.8, 4) is 5.75 Å². The molecular weight excluding hydrogens is 396 g/mol. The Bertz CT molecular complexity index is 888. The Morgan fingerprint density at radius 1 is 1.24 bits per heavy atom. The van der Waals surface area contributed by atoms with Crippen molar-refractivity contribution in [2.75, 3.05) is 0 Å². The largest absolute Gasteiger partial charge is 0.380 e. The van der Waals surface area contributed by atoms with Crippen molar-refractivity contribution in [2.24, 2.45) is 28.3 Å². The third-order valence-corrected chi connectivity index (χ3v) is 8.56. The van der Waals surface area contributed by atoms with Crippen LogP contribution in [0.3, 0.4) is 0 Å². The first-order valence-corrected chi connectivity index (χ1v) is 12.3. The molecule has 0 aliphatic heterocycles. The Morgan fingerprint density at radius 3 is 2.66 bits per heavy atom. The van der Waals surface area contributed by atoms with Crippen LogP contribution < -0.4 is 9.32 Å². The summed E-state index contributed by atoms with van der Waals surface area (Å²) in [5.41, 5.74) is 3.33. The molecule has 7 heteroatoms. The van der Waals surface area contributed by atoms with Crippen molar-refractivity contribution < 1.29 is 21.4 Å². The topological polar surface area (TPSA) is 69.4 Å². The zero-order valence-electron chi connectivity index (χ0n) is 17.2. The number of hydrogen-bond acceptors (Lipinski definition) is 3. The predicted octanol–water partition coefficient (Wildman–Crippen LogP) is 4.96. The van der Waals surface area contributed by atoms with Crippen LogP contribution >= 0.6 is 0 Å². The maximum Gasteiger partial charge on any atom is 0.380 e. The maximum absolute atomic E-state index is 13.1. The quantitative estimate of drug-likeness (QED) is 0.722. The van der Waals surface area contributed by atoms with Gasteiger partial charge in [0.2, 0.25) is 6.43 Å². The predicted molar refractivity (Wildman–Crippen MR) is 108 cm³/mol. The van der Waals surface area contributed by atoms with E-state index in [4.69, 9.17) is 9.32 Å². The number of rotatable bonds is 5. The molecule has 0 radical (unpaired) electrons. The lowest BCUT2D eigenvalue weighted by atomic mass is 9.54. The van der Waals surface area contributed by atoms with E-state index in [9.17, 15) is 17.2 Å². The van der Waals surface area contributed by atoms with E-state index in [1.54, 1.807) is 0 Å². The SMILES string of the molecule is CCc1cc2c(cc1OS(N)(=O)=O)CCC1C2CC[C@@]2(C)C1CC[C@@H]2CC(F)F. The van der Waals surface area contributed by atoms with Crippen LogP contribution in [0.4, 0.5) is 8.78 Å². The molecule has 0 spiro atoms.